The predicted molar refractivity (Wildman–Crippen MR) is 120 cm³/mol. The maximum absolute atomic E-state index is 14.6. The molecule has 0 bridgehead atoms. The van der Waals surface area contributed by atoms with E-state index < -0.39 is 0 Å². The van der Waals surface area contributed by atoms with E-state index in [1.807, 2.05) is 35.0 Å². The molecule has 1 N–H and O–H groups in total. The van der Waals surface area contributed by atoms with Crippen molar-refractivity contribution in [2.24, 2.45) is 4.99 Å². The maximum Gasteiger partial charge on any atom is 0.180 e. The zero-order valence-corrected chi connectivity index (χ0v) is 17.2. The van der Waals surface area contributed by atoms with Crippen LogP contribution in [0.2, 0.25) is 0 Å². The van der Waals surface area contributed by atoms with Crippen molar-refractivity contribution in [2.75, 3.05) is 36.5 Å². The second-order valence-corrected chi connectivity index (χ2v) is 7.76. The first-order chi connectivity index (χ1) is 15.7. The first kappa shape index (κ1) is 18.9. The second-order valence-electron chi connectivity index (χ2n) is 7.76. The van der Waals surface area contributed by atoms with Crippen LogP contribution >= 0.6 is 0 Å². The van der Waals surface area contributed by atoms with E-state index in [1.54, 1.807) is 18.6 Å². The summed E-state index contributed by atoms with van der Waals surface area (Å²) in [6.45, 7) is 3.58. The van der Waals surface area contributed by atoms with Gasteiger partial charge in [0.05, 0.1) is 37.3 Å². The van der Waals surface area contributed by atoms with Crippen molar-refractivity contribution >= 4 is 29.2 Å². The number of aliphatic imine (C=N–C) groups is 1. The van der Waals surface area contributed by atoms with Crippen LogP contribution in [0.25, 0.3) is 16.9 Å². The van der Waals surface area contributed by atoms with Gasteiger partial charge < -0.3 is 19.4 Å². The molecule has 0 unspecified atom stereocenters. The Balaban J connectivity index is 1.33. The number of halogens is 1. The van der Waals surface area contributed by atoms with Crippen LogP contribution in [-0.4, -0.2) is 51.9 Å². The third-order valence-electron chi connectivity index (χ3n) is 5.71. The first-order valence-electron chi connectivity index (χ1n) is 10.5. The molecule has 2 aliphatic heterocycles. The number of ether oxygens (including phenoxy) is 1. The fraction of sp³-hybridized carbons (Fsp3) is 0.217. The number of aromatic nitrogens is 4. The van der Waals surface area contributed by atoms with E-state index >= 15 is 0 Å². The van der Waals surface area contributed by atoms with Crippen LogP contribution in [0.15, 0.2) is 54.0 Å². The molecule has 0 radical (unpaired) electrons. The average Bonchev–Trinajstić information content (AvgIpc) is 3.50. The van der Waals surface area contributed by atoms with Gasteiger partial charge in [0, 0.05) is 49.0 Å². The molecular formula is C23H20FN7O. The number of anilines is 3. The molecule has 32 heavy (non-hydrogen) atoms. The van der Waals surface area contributed by atoms with Gasteiger partial charge in [-0.1, -0.05) is 0 Å². The Kier molecular flexibility index (Phi) is 4.53. The van der Waals surface area contributed by atoms with Gasteiger partial charge in [-0.05, 0) is 29.8 Å². The lowest BCUT2D eigenvalue weighted by molar-refractivity contribution is 0.122. The van der Waals surface area contributed by atoms with E-state index in [4.69, 9.17) is 9.72 Å². The number of imidazole rings is 1. The molecule has 5 heterocycles. The van der Waals surface area contributed by atoms with E-state index in [2.05, 4.69) is 25.2 Å². The molecule has 6 rings (SSSR count). The molecule has 9 heteroatoms. The van der Waals surface area contributed by atoms with E-state index in [0.29, 0.717) is 48.0 Å². The lowest BCUT2D eigenvalue weighted by Crippen LogP contribution is -2.36. The van der Waals surface area contributed by atoms with Gasteiger partial charge in [0.25, 0.3) is 0 Å². The van der Waals surface area contributed by atoms with Crippen LogP contribution in [0.5, 0.6) is 0 Å². The van der Waals surface area contributed by atoms with Crippen molar-refractivity contribution in [3.63, 3.8) is 0 Å². The normalized spacial score (nSPS) is 15.3. The molecule has 1 saturated heterocycles. The largest absolute Gasteiger partial charge is 0.378 e. The highest BCUT2D eigenvalue weighted by Gasteiger charge is 2.17. The molecule has 8 nitrogen and oxygen atoms in total. The SMILES string of the molecule is Fc1cc(-c2cn3ccnc3c(Nc3ccc(N4CCOCC4)nc3)n2)cc2c1C=NC2. The molecule has 2 aliphatic rings. The van der Waals surface area contributed by atoms with E-state index in [-0.39, 0.29) is 5.82 Å². The zero-order chi connectivity index (χ0) is 21.5. The maximum atomic E-state index is 14.6. The summed E-state index contributed by atoms with van der Waals surface area (Å²) in [6, 6.07) is 7.40. The average molecular weight is 429 g/mol. The Morgan fingerprint density at radius 3 is 2.84 bits per heavy atom. The lowest BCUT2D eigenvalue weighted by Gasteiger charge is -2.27. The van der Waals surface area contributed by atoms with Gasteiger partial charge in [-0.15, -0.1) is 0 Å². The van der Waals surface area contributed by atoms with Crippen LogP contribution in [0.1, 0.15) is 11.1 Å². The Bertz CT molecular complexity index is 1330. The van der Waals surface area contributed by atoms with Crippen molar-refractivity contribution in [1.29, 1.82) is 0 Å². The minimum atomic E-state index is -0.288. The van der Waals surface area contributed by atoms with Crippen LogP contribution in [0.3, 0.4) is 0 Å². The van der Waals surface area contributed by atoms with Gasteiger partial charge >= 0.3 is 0 Å². The quantitative estimate of drug-likeness (QED) is 0.535. The molecule has 3 aromatic heterocycles. The Morgan fingerprint density at radius 1 is 1.09 bits per heavy atom. The summed E-state index contributed by atoms with van der Waals surface area (Å²) < 4.78 is 21.8. The van der Waals surface area contributed by atoms with Gasteiger partial charge in [-0.3, -0.25) is 4.99 Å². The third kappa shape index (κ3) is 3.36. The molecule has 4 aromatic rings. The number of hydrogen-bond donors (Lipinski definition) is 1. The number of rotatable bonds is 4. The van der Waals surface area contributed by atoms with Gasteiger partial charge in [-0.25, -0.2) is 19.3 Å². The predicted octanol–water partition coefficient (Wildman–Crippen LogP) is 3.44. The minimum Gasteiger partial charge on any atom is -0.378 e. The summed E-state index contributed by atoms with van der Waals surface area (Å²) in [4.78, 5) is 20.1. The fourth-order valence-corrected chi connectivity index (χ4v) is 4.06. The standard InChI is InChI=1S/C23H20FN7O/c24-19-10-15(9-16-11-25-13-18(16)19)20-14-31-4-3-26-23(31)22(29-20)28-17-1-2-21(27-12-17)30-5-7-32-8-6-30/h1-4,9-10,12-14H,5-8,11H2,(H,28,29). The molecule has 0 saturated carbocycles. The number of hydrogen-bond acceptors (Lipinski definition) is 7. The summed E-state index contributed by atoms with van der Waals surface area (Å²) in [6.07, 6.45) is 8.78. The minimum absolute atomic E-state index is 0.288. The van der Waals surface area contributed by atoms with Crippen LogP contribution in [0, 0.1) is 5.82 Å². The van der Waals surface area contributed by atoms with Gasteiger partial charge in [0.1, 0.15) is 11.6 Å². The van der Waals surface area contributed by atoms with E-state index in [1.165, 1.54) is 6.07 Å². The number of fused-ring (bicyclic) bond motifs is 2. The van der Waals surface area contributed by atoms with Crippen molar-refractivity contribution in [1.82, 2.24) is 19.4 Å². The van der Waals surface area contributed by atoms with E-state index in [9.17, 15) is 4.39 Å². The zero-order valence-electron chi connectivity index (χ0n) is 17.2. The lowest BCUT2D eigenvalue weighted by atomic mass is 10.0. The van der Waals surface area contributed by atoms with Crippen LogP contribution in [-0.2, 0) is 11.3 Å². The Labute approximate surface area is 183 Å². The molecule has 1 aromatic carbocycles. The molecule has 0 amide bonds. The van der Waals surface area contributed by atoms with Crippen molar-refractivity contribution in [2.45, 2.75) is 6.54 Å². The number of morpholine rings is 1. The second kappa shape index (κ2) is 7.69. The summed E-state index contributed by atoms with van der Waals surface area (Å²) in [5.74, 6) is 1.21. The summed E-state index contributed by atoms with van der Waals surface area (Å²) in [5.41, 5.74) is 4.24. The Morgan fingerprint density at radius 2 is 2.00 bits per heavy atom. The monoisotopic (exact) mass is 429 g/mol. The summed E-state index contributed by atoms with van der Waals surface area (Å²) >= 11 is 0. The summed E-state index contributed by atoms with van der Waals surface area (Å²) in [7, 11) is 0. The fourth-order valence-electron chi connectivity index (χ4n) is 4.06. The van der Waals surface area contributed by atoms with Gasteiger partial charge in [-0.2, -0.15) is 0 Å². The molecule has 160 valence electrons. The van der Waals surface area contributed by atoms with Gasteiger partial charge in [0.15, 0.2) is 11.5 Å². The van der Waals surface area contributed by atoms with E-state index in [0.717, 1.165) is 30.2 Å². The highest BCUT2D eigenvalue weighted by Crippen LogP contribution is 2.29. The molecular weight excluding hydrogens is 409 g/mol. The number of nitrogens with zero attached hydrogens (tertiary/aromatic N) is 6. The smallest absolute Gasteiger partial charge is 0.180 e. The van der Waals surface area contributed by atoms with Crippen molar-refractivity contribution in [3.05, 3.63) is 66.0 Å². The Hall–Kier alpha value is -3.85. The first-order valence-corrected chi connectivity index (χ1v) is 10.5. The summed E-state index contributed by atoms with van der Waals surface area (Å²) in [5, 5.41) is 3.32. The molecule has 0 aliphatic carbocycles. The van der Waals surface area contributed by atoms with Gasteiger partial charge in [0.2, 0.25) is 0 Å². The topological polar surface area (TPSA) is 79.9 Å². The number of benzene rings is 1. The van der Waals surface area contributed by atoms with Crippen LogP contribution < -0.4 is 10.2 Å². The van der Waals surface area contributed by atoms with Crippen molar-refractivity contribution < 1.29 is 9.13 Å². The molecule has 0 atom stereocenters. The van der Waals surface area contributed by atoms with Crippen LogP contribution in [0.4, 0.5) is 21.7 Å². The third-order valence-corrected chi connectivity index (χ3v) is 5.71. The molecule has 0 spiro atoms. The number of nitrogens with one attached hydrogen (secondary N) is 1. The highest BCUT2D eigenvalue weighted by molar-refractivity contribution is 5.86. The molecule has 1 fully saturated rings. The van der Waals surface area contributed by atoms with Crippen molar-refractivity contribution in [3.8, 4) is 11.3 Å². The number of pyridine rings is 1. The highest BCUT2D eigenvalue weighted by atomic mass is 19.1.